The lowest BCUT2D eigenvalue weighted by atomic mass is 9.96. The lowest BCUT2D eigenvalue weighted by molar-refractivity contribution is 0.673. The maximum atomic E-state index is 6.65. The maximum Gasteiger partial charge on any atom is 0.143 e. The second-order valence-corrected chi connectivity index (χ2v) is 16.6. The molecule has 1 heterocycles. The summed E-state index contributed by atoms with van der Waals surface area (Å²) >= 11 is 0. The molecular formula is C62H43N3O. The first-order valence-electron chi connectivity index (χ1n) is 22.4. The molecule has 0 aliphatic rings. The number of anilines is 9. The second kappa shape index (κ2) is 16.7. The smallest absolute Gasteiger partial charge is 0.143 e. The van der Waals surface area contributed by atoms with Crippen molar-refractivity contribution < 1.29 is 4.42 Å². The molecule has 12 aromatic rings. The second-order valence-electron chi connectivity index (χ2n) is 16.6. The Morgan fingerprint density at radius 3 is 1.15 bits per heavy atom. The number of hydrogen-bond donors (Lipinski definition) is 0. The van der Waals surface area contributed by atoms with Gasteiger partial charge in [-0.1, -0.05) is 152 Å². The van der Waals surface area contributed by atoms with Gasteiger partial charge in [0, 0.05) is 67.3 Å². The summed E-state index contributed by atoms with van der Waals surface area (Å²) in [7, 11) is 0. The molecule has 0 amide bonds. The van der Waals surface area contributed by atoms with Crippen LogP contribution in [-0.4, -0.2) is 0 Å². The van der Waals surface area contributed by atoms with Crippen LogP contribution in [0.3, 0.4) is 0 Å². The van der Waals surface area contributed by atoms with Crippen molar-refractivity contribution in [3.05, 3.63) is 261 Å². The first-order chi connectivity index (χ1) is 32.7. The summed E-state index contributed by atoms with van der Waals surface area (Å²) in [6.45, 7) is 0. The van der Waals surface area contributed by atoms with E-state index in [-0.39, 0.29) is 0 Å². The van der Waals surface area contributed by atoms with E-state index in [1.165, 1.54) is 10.8 Å². The lowest BCUT2D eigenvalue weighted by Crippen LogP contribution is -2.13. The Labute approximate surface area is 384 Å². The fourth-order valence-corrected chi connectivity index (χ4v) is 9.60. The molecular weight excluding hydrogens is 803 g/mol. The van der Waals surface area contributed by atoms with Crippen molar-refractivity contribution >= 4 is 94.7 Å². The minimum absolute atomic E-state index is 0.890. The van der Waals surface area contributed by atoms with Crippen LogP contribution in [0.15, 0.2) is 265 Å². The summed E-state index contributed by atoms with van der Waals surface area (Å²) < 4.78 is 6.65. The summed E-state index contributed by atoms with van der Waals surface area (Å²) in [5.74, 6) is 0. The molecule has 0 atom stereocenters. The molecule has 0 N–H and O–H groups in total. The highest BCUT2D eigenvalue weighted by atomic mass is 16.3. The highest BCUT2D eigenvalue weighted by Gasteiger charge is 2.22. The number of fused-ring (bicyclic) bond motifs is 8. The summed E-state index contributed by atoms with van der Waals surface area (Å²) in [5, 5.41) is 6.90. The van der Waals surface area contributed by atoms with Crippen molar-refractivity contribution in [3.63, 3.8) is 0 Å². The third-order valence-corrected chi connectivity index (χ3v) is 12.5. The van der Waals surface area contributed by atoms with Crippen LogP contribution in [0, 0.1) is 0 Å². The van der Waals surface area contributed by atoms with Crippen LogP contribution in [0.2, 0.25) is 0 Å². The number of hydrogen-bond acceptors (Lipinski definition) is 4. The molecule has 4 heteroatoms. The van der Waals surface area contributed by atoms with Gasteiger partial charge in [-0.15, -0.1) is 0 Å². The summed E-state index contributed by atoms with van der Waals surface area (Å²) in [6.07, 6.45) is 0. The summed E-state index contributed by atoms with van der Waals surface area (Å²) in [6, 6.07) is 93.0. The third kappa shape index (κ3) is 6.98. The Kier molecular flexibility index (Phi) is 9.81. The van der Waals surface area contributed by atoms with Gasteiger partial charge in [0.1, 0.15) is 11.2 Å². The Morgan fingerprint density at radius 1 is 0.227 bits per heavy atom. The zero-order valence-corrected chi connectivity index (χ0v) is 36.1. The van der Waals surface area contributed by atoms with Crippen LogP contribution in [-0.2, 0) is 0 Å². The van der Waals surface area contributed by atoms with E-state index in [0.29, 0.717) is 0 Å². The van der Waals surface area contributed by atoms with Gasteiger partial charge in [0.15, 0.2) is 0 Å². The van der Waals surface area contributed by atoms with Gasteiger partial charge in [-0.2, -0.15) is 0 Å². The Bertz CT molecular complexity index is 3470. The van der Waals surface area contributed by atoms with Crippen LogP contribution in [0.25, 0.3) is 54.6 Å². The van der Waals surface area contributed by atoms with E-state index >= 15 is 0 Å². The van der Waals surface area contributed by atoms with E-state index < -0.39 is 0 Å². The summed E-state index contributed by atoms with van der Waals surface area (Å²) in [5.41, 5.74) is 13.5. The molecule has 11 aromatic carbocycles. The highest BCUT2D eigenvalue weighted by molar-refractivity contribution is 6.30. The molecule has 0 aliphatic heterocycles. The quantitative estimate of drug-likeness (QED) is 0.128. The molecule has 0 radical (unpaired) electrons. The average Bonchev–Trinajstić information content (AvgIpc) is 3.79. The molecule has 0 fully saturated rings. The third-order valence-electron chi connectivity index (χ3n) is 12.5. The number of furan rings is 1. The molecule has 1 aromatic heterocycles. The number of nitrogens with zero attached hydrogens (tertiary/aromatic N) is 3. The largest absolute Gasteiger partial charge is 0.455 e. The predicted octanol–water partition coefficient (Wildman–Crippen LogP) is 18.0. The molecule has 0 bridgehead atoms. The standard InChI is InChI=1S/C62H43N3O/c1-6-22-46(23-7-1)63(47-24-8-2-9-25-47)53-40-45(41-54(42-53)64(48-26-10-3-11-27-48)49-28-12-4-13-29-49)44-21-20-32-51(39-44)65(50-30-14-5-15-31-50)52-37-38-56-55-33-16-17-34-57(55)62-61(59(56)43-52)58-35-18-19-36-60(58)66-62/h1-43H. The first-order valence-corrected chi connectivity index (χ1v) is 22.4. The van der Waals surface area contributed by atoms with E-state index in [2.05, 4.69) is 269 Å². The SMILES string of the molecule is c1ccc(N(c2ccccc2)c2cc(-c3cccc(N(c4ccccc4)c4ccc5c6ccccc6c6oc7ccccc7c6c5c4)c3)cc(N(c3ccccc3)c3ccccc3)c2)cc1. The Balaban J connectivity index is 1.08. The van der Waals surface area contributed by atoms with E-state index in [9.17, 15) is 0 Å². The predicted molar refractivity (Wildman–Crippen MR) is 278 cm³/mol. The molecule has 0 saturated carbocycles. The van der Waals surface area contributed by atoms with Crippen molar-refractivity contribution in [2.75, 3.05) is 14.7 Å². The van der Waals surface area contributed by atoms with Crippen LogP contribution in [0.5, 0.6) is 0 Å². The zero-order chi connectivity index (χ0) is 43.8. The van der Waals surface area contributed by atoms with Gasteiger partial charge in [0.05, 0.1) is 0 Å². The summed E-state index contributed by atoms with van der Waals surface area (Å²) in [4.78, 5) is 7.07. The topological polar surface area (TPSA) is 22.9 Å². The van der Waals surface area contributed by atoms with E-state index in [1.807, 2.05) is 6.07 Å². The van der Waals surface area contributed by atoms with E-state index in [1.54, 1.807) is 0 Å². The average molecular weight is 846 g/mol. The number of rotatable bonds is 10. The molecule has 0 aliphatic carbocycles. The van der Waals surface area contributed by atoms with Crippen LogP contribution >= 0.6 is 0 Å². The maximum absolute atomic E-state index is 6.65. The normalized spacial score (nSPS) is 11.3. The van der Waals surface area contributed by atoms with Gasteiger partial charge in [-0.3, -0.25) is 0 Å². The van der Waals surface area contributed by atoms with E-state index in [4.69, 9.17) is 4.42 Å². The number of benzene rings is 11. The number of para-hydroxylation sites is 6. The van der Waals surface area contributed by atoms with Crippen molar-refractivity contribution in [2.45, 2.75) is 0 Å². The fraction of sp³-hybridized carbons (Fsp3) is 0. The van der Waals surface area contributed by atoms with Crippen molar-refractivity contribution in [1.82, 2.24) is 0 Å². The molecule has 66 heavy (non-hydrogen) atoms. The fourth-order valence-electron chi connectivity index (χ4n) is 9.60. The monoisotopic (exact) mass is 845 g/mol. The van der Waals surface area contributed by atoms with Crippen LogP contribution in [0.1, 0.15) is 0 Å². The Morgan fingerprint density at radius 2 is 0.621 bits per heavy atom. The van der Waals surface area contributed by atoms with Crippen molar-refractivity contribution in [3.8, 4) is 11.1 Å². The van der Waals surface area contributed by atoms with Gasteiger partial charge in [-0.05, 0) is 136 Å². The molecule has 0 unspecified atom stereocenters. The minimum atomic E-state index is 0.890. The van der Waals surface area contributed by atoms with Gasteiger partial charge in [-0.25, -0.2) is 0 Å². The minimum Gasteiger partial charge on any atom is -0.455 e. The van der Waals surface area contributed by atoms with Gasteiger partial charge in [0.25, 0.3) is 0 Å². The molecule has 4 nitrogen and oxygen atoms in total. The van der Waals surface area contributed by atoms with Gasteiger partial charge >= 0.3 is 0 Å². The van der Waals surface area contributed by atoms with Gasteiger partial charge < -0.3 is 19.1 Å². The first kappa shape index (κ1) is 38.8. The van der Waals surface area contributed by atoms with Crippen molar-refractivity contribution in [1.29, 1.82) is 0 Å². The molecule has 0 spiro atoms. The molecule has 312 valence electrons. The van der Waals surface area contributed by atoms with E-state index in [0.717, 1.165) is 95.0 Å². The highest BCUT2D eigenvalue weighted by Crippen LogP contribution is 2.46. The molecule has 0 saturated heterocycles. The van der Waals surface area contributed by atoms with Crippen LogP contribution in [0.4, 0.5) is 51.2 Å². The van der Waals surface area contributed by atoms with Gasteiger partial charge in [0.2, 0.25) is 0 Å². The van der Waals surface area contributed by atoms with Crippen LogP contribution < -0.4 is 14.7 Å². The lowest BCUT2D eigenvalue weighted by Gasteiger charge is -2.30. The molecule has 12 rings (SSSR count). The Hall–Kier alpha value is -8.86. The van der Waals surface area contributed by atoms with Crippen molar-refractivity contribution in [2.24, 2.45) is 0 Å². The zero-order valence-electron chi connectivity index (χ0n) is 36.1.